The van der Waals surface area contributed by atoms with Gasteiger partial charge in [-0.05, 0) is 57.7 Å². The third-order valence-electron chi connectivity index (χ3n) is 3.71. The smallest absolute Gasteiger partial charge is 0.412 e. The second kappa shape index (κ2) is 8.52. The number of carboxylic acid groups (broad SMARTS) is 3. The first kappa shape index (κ1) is 21.9. The van der Waals surface area contributed by atoms with Crippen molar-refractivity contribution in [1.82, 2.24) is 0 Å². The molecule has 4 N–H and O–H groups in total. The molecule has 9 nitrogen and oxygen atoms in total. The first-order valence-electron chi connectivity index (χ1n) is 8.17. The maximum Gasteiger partial charge on any atom is 0.412 e. The molecule has 0 radical (unpaired) electrons. The fourth-order valence-electron chi connectivity index (χ4n) is 2.33. The Kier molecular flexibility index (Phi) is 6.93. The number of carbonyl (C=O) groups is 4. The van der Waals surface area contributed by atoms with E-state index in [1.54, 1.807) is 45.0 Å². The lowest BCUT2D eigenvalue weighted by molar-refractivity contribution is -0.176. The number of benzene rings is 1. The highest BCUT2D eigenvalue weighted by atomic mass is 16.6. The van der Waals surface area contributed by atoms with Gasteiger partial charge in [0, 0.05) is 5.69 Å². The lowest BCUT2D eigenvalue weighted by atomic mass is 9.82. The van der Waals surface area contributed by atoms with Crippen molar-refractivity contribution >= 4 is 29.7 Å². The molecule has 148 valence electrons. The van der Waals surface area contributed by atoms with E-state index in [1.807, 2.05) is 0 Å². The molecule has 27 heavy (non-hydrogen) atoms. The van der Waals surface area contributed by atoms with Crippen LogP contribution in [0.15, 0.2) is 24.3 Å². The molecule has 1 rings (SSSR count). The second-order valence-electron chi connectivity index (χ2n) is 7.00. The Hall–Kier alpha value is -3.10. The van der Waals surface area contributed by atoms with Gasteiger partial charge in [-0.1, -0.05) is 12.1 Å². The number of nitrogens with one attached hydrogen (secondary N) is 1. The summed E-state index contributed by atoms with van der Waals surface area (Å²) >= 11 is 0. The molecule has 9 heteroatoms. The Bertz CT molecular complexity index is 682. The highest BCUT2D eigenvalue weighted by molar-refractivity contribution is 6.16. The number of hydrogen-bond acceptors (Lipinski definition) is 5. The second-order valence-corrected chi connectivity index (χ2v) is 7.00. The van der Waals surface area contributed by atoms with Gasteiger partial charge < -0.3 is 20.1 Å². The van der Waals surface area contributed by atoms with Gasteiger partial charge in [0.1, 0.15) is 5.60 Å². The lowest BCUT2D eigenvalue weighted by Gasteiger charge is -2.20. The van der Waals surface area contributed by atoms with E-state index in [0.717, 1.165) is 5.56 Å². The van der Waals surface area contributed by atoms with Crippen LogP contribution in [0.5, 0.6) is 0 Å². The average Bonchev–Trinajstić information content (AvgIpc) is 2.50. The molecule has 0 spiro atoms. The molecular formula is C18H23NO8. The van der Waals surface area contributed by atoms with Crippen LogP contribution in [0.1, 0.15) is 39.2 Å². The van der Waals surface area contributed by atoms with Crippen LogP contribution in [0, 0.1) is 5.41 Å². The van der Waals surface area contributed by atoms with Crippen molar-refractivity contribution in [3.8, 4) is 0 Å². The summed E-state index contributed by atoms with van der Waals surface area (Å²) in [6, 6.07) is 6.55. The van der Waals surface area contributed by atoms with Crippen LogP contribution in [0.2, 0.25) is 0 Å². The van der Waals surface area contributed by atoms with Gasteiger partial charge in [-0.3, -0.25) is 19.7 Å². The molecule has 0 unspecified atom stereocenters. The third-order valence-corrected chi connectivity index (χ3v) is 3.71. The highest BCUT2D eigenvalue weighted by Crippen LogP contribution is 2.27. The molecular weight excluding hydrogens is 358 g/mol. The minimum absolute atomic E-state index is 0.0454. The number of hydrogen-bond donors (Lipinski definition) is 4. The predicted octanol–water partition coefficient (Wildman–Crippen LogP) is 2.60. The van der Waals surface area contributed by atoms with Crippen molar-refractivity contribution < 1.29 is 39.2 Å². The van der Waals surface area contributed by atoms with Crippen molar-refractivity contribution in [2.24, 2.45) is 5.41 Å². The van der Waals surface area contributed by atoms with Gasteiger partial charge >= 0.3 is 24.0 Å². The van der Waals surface area contributed by atoms with E-state index in [-0.39, 0.29) is 12.8 Å². The molecule has 0 aromatic heterocycles. The largest absolute Gasteiger partial charge is 0.480 e. The Morgan fingerprint density at radius 1 is 0.926 bits per heavy atom. The van der Waals surface area contributed by atoms with Crippen LogP contribution in [-0.4, -0.2) is 44.9 Å². The minimum atomic E-state index is -2.86. The molecule has 1 aromatic carbocycles. The first-order chi connectivity index (χ1) is 12.4. The van der Waals surface area contributed by atoms with Crippen LogP contribution in [0.4, 0.5) is 10.5 Å². The Morgan fingerprint density at radius 2 is 1.41 bits per heavy atom. The van der Waals surface area contributed by atoms with Gasteiger partial charge in [0.15, 0.2) is 0 Å². The number of carboxylic acids is 3. The van der Waals surface area contributed by atoms with E-state index < -0.39 is 41.4 Å². The molecule has 1 aromatic rings. The van der Waals surface area contributed by atoms with Gasteiger partial charge in [0.25, 0.3) is 5.41 Å². The molecule has 0 bridgehead atoms. The third kappa shape index (κ3) is 5.98. The first-order valence-corrected chi connectivity index (χ1v) is 8.17. The zero-order chi connectivity index (χ0) is 20.8. The van der Waals surface area contributed by atoms with Crippen molar-refractivity contribution in [2.75, 3.05) is 5.32 Å². The summed E-state index contributed by atoms with van der Waals surface area (Å²) in [6.07, 6.45) is -0.832. The molecule has 1 amide bonds. The Balaban J connectivity index is 2.68. The van der Waals surface area contributed by atoms with Crippen molar-refractivity contribution in [3.63, 3.8) is 0 Å². The number of ether oxygens (including phenoxy) is 1. The average molecular weight is 381 g/mol. The molecule has 0 aliphatic rings. The van der Waals surface area contributed by atoms with Gasteiger partial charge in [0.2, 0.25) is 0 Å². The number of aliphatic carboxylic acids is 3. The number of anilines is 1. The van der Waals surface area contributed by atoms with E-state index in [0.29, 0.717) is 5.69 Å². The van der Waals surface area contributed by atoms with E-state index in [1.165, 1.54) is 0 Å². The fraction of sp³-hybridized carbons (Fsp3) is 0.444. The van der Waals surface area contributed by atoms with Gasteiger partial charge in [-0.2, -0.15) is 0 Å². The molecule has 0 saturated heterocycles. The maximum absolute atomic E-state index is 11.7. The van der Waals surface area contributed by atoms with Crippen molar-refractivity contribution in [2.45, 2.75) is 45.6 Å². The van der Waals surface area contributed by atoms with E-state index in [9.17, 15) is 19.2 Å². The van der Waals surface area contributed by atoms with Gasteiger partial charge in [-0.15, -0.1) is 0 Å². The molecule has 0 atom stereocenters. The Morgan fingerprint density at radius 3 is 1.81 bits per heavy atom. The molecule has 0 heterocycles. The summed E-state index contributed by atoms with van der Waals surface area (Å²) in [4.78, 5) is 45.2. The minimum Gasteiger partial charge on any atom is -0.480 e. The quantitative estimate of drug-likeness (QED) is 0.502. The molecule has 0 aliphatic heterocycles. The topological polar surface area (TPSA) is 150 Å². The van der Waals surface area contributed by atoms with Crippen LogP contribution in [-0.2, 0) is 25.5 Å². The lowest BCUT2D eigenvalue weighted by Crippen LogP contribution is -2.46. The SMILES string of the molecule is CC(C)(C)OC(=O)Nc1ccc(CCCC(C(=O)O)(C(=O)O)C(=O)O)cc1. The maximum atomic E-state index is 11.7. The van der Waals surface area contributed by atoms with Crippen molar-refractivity contribution in [3.05, 3.63) is 29.8 Å². The normalized spacial score (nSPS) is 11.5. The zero-order valence-electron chi connectivity index (χ0n) is 15.3. The molecule has 0 aliphatic carbocycles. The molecule has 0 saturated carbocycles. The monoisotopic (exact) mass is 381 g/mol. The van der Waals surface area contributed by atoms with E-state index in [4.69, 9.17) is 20.1 Å². The van der Waals surface area contributed by atoms with Crippen LogP contribution < -0.4 is 5.32 Å². The van der Waals surface area contributed by atoms with Gasteiger partial charge in [0.05, 0.1) is 0 Å². The van der Waals surface area contributed by atoms with Gasteiger partial charge in [-0.25, -0.2) is 4.79 Å². The summed E-state index contributed by atoms with van der Waals surface area (Å²) in [5.74, 6) is -5.71. The number of rotatable bonds is 8. The number of amides is 1. The summed E-state index contributed by atoms with van der Waals surface area (Å²) in [5, 5.41) is 29.7. The number of aryl methyl sites for hydroxylation is 1. The number of carbonyl (C=O) groups excluding carboxylic acids is 1. The van der Waals surface area contributed by atoms with Crippen molar-refractivity contribution in [1.29, 1.82) is 0 Å². The summed E-state index contributed by atoms with van der Waals surface area (Å²) in [6.45, 7) is 5.21. The summed E-state index contributed by atoms with van der Waals surface area (Å²) < 4.78 is 5.12. The van der Waals surface area contributed by atoms with Crippen LogP contribution in [0.3, 0.4) is 0 Å². The highest BCUT2D eigenvalue weighted by Gasteiger charge is 2.53. The van der Waals surface area contributed by atoms with E-state index in [2.05, 4.69) is 5.32 Å². The van der Waals surface area contributed by atoms with Crippen LogP contribution >= 0.6 is 0 Å². The summed E-state index contributed by atoms with van der Waals surface area (Å²) in [5.41, 5.74) is -2.27. The standard InChI is InChI=1S/C18H23NO8/c1-17(2,3)27-16(26)19-12-8-6-11(7-9-12)5-4-10-18(13(20)21,14(22)23)15(24)25/h6-9H,4-5,10H2,1-3H3,(H,19,26)(H,20,21)(H,22,23)(H,24,25). The molecule has 0 fully saturated rings. The van der Waals surface area contributed by atoms with E-state index >= 15 is 0 Å². The Labute approximate surface area is 156 Å². The zero-order valence-corrected chi connectivity index (χ0v) is 15.3. The van der Waals surface area contributed by atoms with Crippen LogP contribution in [0.25, 0.3) is 0 Å². The predicted molar refractivity (Wildman–Crippen MR) is 94.6 cm³/mol. The fourth-order valence-corrected chi connectivity index (χ4v) is 2.33. The summed E-state index contributed by atoms with van der Waals surface area (Å²) in [7, 11) is 0.